The van der Waals surface area contributed by atoms with Gasteiger partial charge in [0.15, 0.2) is 5.82 Å². The van der Waals surface area contributed by atoms with Crippen LogP contribution in [0.5, 0.6) is 0 Å². The Kier molecular flexibility index (Phi) is 6.08. The van der Waals surface area contributed by atoms with E-state index in [1.165, 1.54) is 0 Å². The average molecular weight is 286 g/mol. The molecule has 104 valence electrons. The first-order valence-corrected chi connectivity index (χ1v) is 6.22. The van der Waals surface area contributed by atoms with Gasteiger partial charge in [0.1, 0.15) is 0 Å². The number of hydrogen-bond acceptors (Lipinski definition) is 5. The van der Waals surface area contributed by atoms with E-state index in [1.807, 2.05) is 6.92 Å². The molecule has 0 bridgehead atoms. The van der Waals surface area contributed by atoms with Crippen LogP contribution >= 0.6 is 11.6 Å². The van der Waals surface area contributed by atoms with Crippen LogP contribution in [-0.2, 0) is 14.3 Å². The van der Waals surface area contributed by atoms with Gasteiger partial charge < -0.3 is 4.74 Å². The van der Waals surface area contributed by atoms with E-state index >= 15 is 0 Å². The molecule has 19 heavy (non-hydrogen) atoms. The number of ether oxygens (including phenoxy) is 1. The highest BCUT2D eigenvalue weighted by Gasteiger charge is 2.28. The molecule has 1 fully saturated rings. The van der Waals surface area contributed by atoms with Crippen LogP contribution < -0.4 is 10.4 Å². The quantitative estimate of drug-likeness (QED) is 0.853. The number of anilines is 1. The summed E-state index contributed by atoms with van der Waals surface area (Å²) in [6.07, 6.45) is 2.13. The Morgan fingerprint density at radius 2 is 2.42 bits per heavy atom. The van der Waals surface area contributed by atoms with Crippen molar-refractivity contribution in [1.82, 2.24) is 10.4 Å². The van der Waals surface area contributed by atoms with E-state index in [2.05, 4.69) is 15.1 Å². The third-order valence-corrected chi connectivity index (χ3v) is 2.66. The number of hydrogen-bond donors (Lipinski definition) is 1. The molecule has 1 N–H and O–H groups in total. The van der Waals surface area contributed by atoms with Crippen LogP contribution in [-0.4, -0.2) is 30.0 Å². The van der Waals surface area contributed by atoms with E-state index in [9.17, 15) is 9.59 Å². The molecular weight excluding hydrogens is 270 g/mol. The van der Waals surface area contributed by atoms with Crippen molar-refractivity contribution in [3.05, 3.63) is 23.4 Å². The summed E-state index contributed by atoms with van der Waals surface area (Å²) in [7, 11) is 0. The summed E-state index contributed by atoms with van der Waals surface area (Å²) in [4.78, 5) is 24.4. The monoisotopic (exact) mass is 285 g/mol. The van der Waals surface area contributed by atoms with Crippen LogP contribution in [0.4, 0.5) is 5.82 Å². The zero-order valence-corrected chi connectivity index (χ0v) is 11.6. The zero-order chi connectivity index (χ0) is 14.3. The molecule has 2 heterocycles. The van der Waals surface area contributed by atoms with Gasteiger partial charge in [0.2, 0.25) is 5.91 Å². The third-order valence-electron chi connectivity index (χ3n) is 2.37. The molecule has 0 aromatic carbocycles. The van der Waals surface area contributed by atoms with Gasteiger partial charge in [-0.25, -0.2) is 4.98 Å². The summed E-state index contributed by atoms with van der Waals surface area (Å²) in [5.74, 6) is 0.603. The number of nitrogens with zero attached hydrogens (tertiary/aromatic N) is 2. The van der Waals surface area contributed by atoms with Crippen LogP contribution in [0.2, 0.25) is 5.02 Å². The van der Waals surface area contributed by atoms with Crippen molar-refractivity contribution >= 4 is 29.8 Å². The summed E-state index contributed by atoms with van der Waals surface area (Å²) in [6, 6.07) is 3.60. The minimum absolute atomic E-state index is 0.000722. The minimum Gasteiger partial charge on any atom is -0.468 e. The predicted molar refractivity (Wildman–Crippen MR) is 71.6 cm³/mol. The molecule has 1 aliphatic heterocycles. The molecule has 1 unspecified atom stereocenters. The van der Waals surface area contributed by atoms with Crippen molar-refractivity contribution in [1.29, 1.82) is 0 Å². The standard InChI is InChI=1S/C9H10ClN3O.C3H6O2/c1-6-5-8(14)12-13(6)9-7(10)3-2-4-11-9;1-2-5-3-4/h2-4,6H,5H2,1H3,(H,12,14);3H,2H2,1H3. The highest BCUT2D eigenvalue weighted by atomic mass is 35.5. The van der Waals surface area contributed by atoms with Gasteiger partial charge in [0.05, 0.1) is 24.1 Å². The molecular formula is C12H16ClN3O3. The number of nitrogens with one attached hydrogen (secondary N) is 1. The van der Waals surface area contributed by atoms with Gasteiger partial charge in [0.25, 0.3) is 6.47 Å². The second-order valence-electron chi connectivity index (χ2n) is 3.82. The van der Waals surface area contributed by atoms with E-state index in [0.717, 1.165) is 0 Å². The first-order valence-electron chi connectivity index (χ1n) is 5.84. The highest BCUT2D eigenvalue weighted by molar-refractivity contribution is 6.33. The summed E-state index contributed by atoms with van der Waals surface area (Å²) >= 11 is 5.96. The van der Waals surface area contributed by atoms with Crippen molar-refractivity contribution < 1.29 is 14.3 Å². The number of aromatic nitrogens is 1. The average Bonchev–Trinajstić information content (AvgIpc) is 2.71. The third kappa shape index (κ3) is 4.40. The van der Waals surface area contributed by atoms with Crippen molar-refractivity contribution in [2.45, 2.75) is 26.3 Å². The lowest BCUT2D eigenvalue weighted by Crippen LogP contribution is -2.37. The summed E-state index contributed by atoms with van der Waals surface area (Å²) in [6.45, 7) is 4.61. The number of hydrazine groups is 1. The van der Waals surface area contributed by atoms with E-state index in [-0.39, 0.29) is 11.9 Å². The van der Waals surface area contributed by atoms with Gasteiger partial charge in [-0.2, -0.15) is 0 Å². The number of halogens is 1. The molecule has 1 saturated heterocycles. The fourth-order valence-corrected chi connectivity index (χ4v) is 1.75. The fourth-order valence-electron chi connectivity index (χ4n) is 1.53. The van der Waals surface area contributed by atoms with Crippen molar-refractivity contribution in [3.8, 4) is 0 Å². The Labute approximate surface area is 116 Å². The molecule has 0 saturated carbocycles. The largest absolute Gasteiger partial charge is 0.468 e. The van der Waals surface area contributed by atoms with Crippen LogP contribution in [0, 0.1) is 0 Å². The van der Waals surface area contributed by atoms with Gasteiger partial charge in [-0.05, 0) is 26.0 Å². The van der Waals surface area contributed by atoms with Gasteiger partial charge in [-0.1, -0.05) is 11.6 Å². The van der Waals surface area contributed by atoms with Gasteiger partial charge in [-0.3, -0.25) is 20.0 Å². The Morgan fingerprint density at radius 1 is 1.68 bits per heavy atom. The molecule has 1 aromatic heterocycles. The zero-order valence-electron chi connectivity index (χ0n) is 10.8. The highest BCUT2D eigenvalue weighted by Crippen LogP contribution is 2.25. The number of pyridine rings is 1. The van der Waals surface area contributed by atoms with E-state index in [1.54, 1.807) is 30.3 Å². The van der Waals surface area contributed by atoms with Crippen LogP contribution in [0.3, 0.4) is 0 Å². The van der Waals surface area contributed by atoms with Gasteiger partial charge in [-0.15, -0.1) is 0 Å². The van der Waals surface area contributed by atoms with Gasteiger partial charge >= 0.3 is 0 Å². The summed E-state index contributed by atoms with van der Waals surface area (Å²) < 4.78 is 4.15. The molecule has 1 amide bonds. The summed E-state index contributed by atoms with van der Waals surface area (Å²) in [5, 5.41) is 2.24. The van der Waals surface area contributed by atoms with Crippen molar-refractivity contribution in [2.24, 2.45) is 0 Å². The second kappa shape index (κ2) is 7.58. The Balaban J connectivity index is 0.000000312. The number of carbonyl (C=O) groups is 2. The molecule has 1 atom stereocenters. The molecule has 0 aliphatic carbocycles. The Hall–Kier alpha value is -1.82. The smallest absolute Gasteiger partial charge is 0.293 e. The Morgan fingerprint density at radius 3 is 2.84 bits per heavy atom. The maximum Gasteiger partial charge on any atom is 0.293 e. The normalized spacial score (nSPS) is 17.3. The van der Waals surface area contributed by atoms with Gasteiger partial charge in [0, 0.05) is 6.20 Å². The fraction of sp³-hybridized carbons (Fsp3) is 0.417. The number of amides is 1. The Bertz CT molecular complexity index is 442. The lowest BCUT2D eigenvalue weighted by atomic mass is 10.2. The molecule has 0 radical (unpaired) electrons. The molecule has 0 spiro atoms. The van der Waals surface area contributed by atoms with Crippen LogP contribution in [0.15, 0.2) is 18.3 Å². The van der Waals surface area contributed by atoms with Crippen LogP contribution in [0.1, 0.15) is 20.3 Å². The molecule has 2 rings (SSSR count). The molecule has 1 aromatic rings. The maximum atomic E-state index is 11.1. The van der Waals surface area contributed by atoms with Crippen molar-refractivity contribution in [2.75, 3.05) is 11.6 Å². The second-order valence-corrected chi connectivity index (χ2v) is 4.23. The predicted octanol–water partition coefficient (Wildman–Crippen LogP) is 1.54. The lowest BCUT2D eigenvalue weighted by molar-refractivity contribution is -0.128. The van der Waals surface area contributed by atoms with Crippen LogP contribution in [0.25, 0.3) is 0 Å². The summed E-state index contributed by atoms with van der Waals surface area (Å²) in [5.41, 5.74) is 2.71. The molecule has 6 nitrogen and oxygen atoms in total. The van der Waals surface area contributed by atoms with E-state index in [4.69, 9.17) is 11.6 Å². The lowest BCUT2D eigenvalue weighted by Gasteiger charge is -2.21. The van der Waals surface area contributed by atoms with E-state index < -0.39 is 0 Å². The van der Waals surface area contributed by atoms with E-state index in [0.29, 0.717) is 30.3 Å². The first kappa shape index (κ1) is 15.2. The SMILES string of the molecule is CC1CC(=O)NN1c1ncccc1Cl.CCOC=O. The van der Waals surface area contributed by atoms with Crippen molar-refractivity contribution in [3.63, 3.8) is 0 Å². The first-order chi connectivity index (χ1) is 9.10. The minimum atomic E-state index is -0.000722. The molecule has 7 heteroatoms. The topological polar surface area (TPSA) is 71.5 Å². The number of rotatable bonds is 3. The molecule has 1 aliphatic rings. The maximum absolute atomic E-state index is 11.1. The number of carbonyl (C=O) groups excluding carboxylic acids is 2.